The van der Waals surface area contributed by atoms with E-state index < -0.39 is 17.9 Å². The number of rotatable bonds is 9. The number of halogens is 2. The third kappa shape index (κ3) is 6.70. The van der Waals surface area contributed by atoms with E-state index in [4.69, 9.17) is 27.9 Å². The first kappa shape index (κ1) is 20.9. The summed E-state index contributed by atoms with van der Waals surface area (Å²) in [6.07, 6.45) is 4.17. The lowest BCUT2D eigenvalue weighted by Crippen LogP contribution is -2.43. The van der Waals surface area contributed by atoms with Crippen molar-refractivity contribution in [1.82, 2.24) is 10.6 Å². The molecule has 1 aromatic rings. The molecule has 1 saturated carbocycles. The van der Waals surface area contributed by atoms with E-state index in [0.29, 0.717) is 17.2 Å². The molecule has 0 saturated heterocycles. The molecular weight excluding hydrogens is 399 g/mol. The van der Waals surface area contributed by atoms with Crippen molar-refractivity contribution in [2.45, 2.75) is 31.3 Å². The molecule has 0 radical (unpaired) electrons. The van der Waals surface area contributed by atoms with E-state index >= 15 is 0 Å². The van der Waals surface area contributed by atoms with E-state index in [1.165, 1.54) is 23.9 Å². The Labute approximate surface area is 166 Å². The van der Waals surface area contributed by atoms with Crippen LogP contribution in [0.25, 0.3) is 0 Å². The van der Waals surface area contributed by atoms with Gasteiger partial charge in [-0.3, -0.25) is 9.59 Å². The molecule has 9 heteroatoms. The van der Waals surface area contributed by atoms with Crippen molar-refractivity contribution in [2.24, 2.45) is 0 Å². The number of amides is 2. The van der Waals surface area contributed by atoms with Crippen LogP contribution in [0.2, 0.25) is 10.0 Å². The zero-order valence-electron chi connectivity index (χ0n) is 14.2. The summed E-state index contributed by atoms with van der Waals surface area (Å²) < 4.78 is 5.05. The second kappa shape index (κ2) is 10.0. The zero-order valence-corrected chi connectivity index (χ0v) is 16.5. The maximum Gasteiger partial charge on any atom is 0.329 e. The fraction of sp³-hybridized carbons (Fsp3) is 0.471. The lowest BCUT2D eigenvalue weighted by Gasteiger charge is -2.17. The van der Waals surface area contributed by atoms with Gasteiger partial charge in [0.25, 0.3) is 11.8 Å². The summed E-state index contributed by atoms with van der Waals surface area (Å²) in [4.78, 5) is 36.3. The predicted molar refractivity (Wildman–Crippen MR) is 103 cm³/mol. The van der Waals surface area contributed by atoms with E-state index in [2.05, 4.69) is 10.6 Å². The van der Waals surface area contributed by atoms with Crippen molar-refractivity contribution in [2.75, 3.05) is 18.6 Å². The Morgan fingerprint density at radius 3 is 2.65 bits per heavy atom. The summed E-state index contributed by atoms with van der Waals surface area (Å²) in [5.41, 5.74) is 0.212. The van der Waals surface area contributed by atoms with Crippen molar-refractivity contribution in [3.05, 3.63) is 33.8 Å². The molecule has 1 fully saturated rings. The molecule has 1 aromatic carbocycles. The zero-order chi connectivity index (χ0) is 19.1. The van der Waals surface area contributed by atoms with Gasteiger partial charge in [-0.15, -0.1) is 0 Å². The number of thioether (sulfide) groups is 1. The van der Waals surface area contributed by atoms with Gasteiger partial charge in [0.1, 0.15) is 6.04 Å². The molecule has 2 rings (SSSR count). The summed E-state index contributed by atoms with van der Waals surface area (Å²) in [6.45, 7) is -0.358. The molecule has 1 atom stereocenters. The lowest BCUT2D eigenvalue weighted by molar-refractivity contribution is -0.150. The predicted octanol–water partition coefficient (Wildman–Crippen LogP) is 2.67. The van der Waals surface area contributed by atoms with Crippen molar-refractivity contribution in [3.63, 3.8) is 0 Å². The molecule has 0 heterocycles. The average molecular weight is 419 g/mol. The first-order valence-electron chi connectivity index (χ1n) is 8.11. The highest BCUT2D eigenvalue weighted by molar-refractivity contribution is 7.98. The number of nitrogens with one attached hydrogen (secondary N) is 2. The van der Waals surface area contributed by atoms with E-state index in [9.17, 15) is 14.4 Å². The summed E-state index contributed by atoms with van der Waals surface area (Å²) >= 11 is 13.4. The molecule has 6 nitrogen and oxygen atoms in total. The fourth-order valence-corrected chi connectivity index (χ4v) is 3.09. The van der Waals surface area contributed by atoms with Crippen molar-refractivity contribution in [1.29, 1.82) is 0 Å². The minimum atomic E-state index is -0.865. The van der Waals surface area contributed by atoms with Gasteiger partial charge in [0, 0.05) is 11.1 Å². The second-order valence-electron chi connectivity index (χ2n) is 5.88. The van der Waals surface area contributed by atoms with Gasteiger partial charge in [0.15, 0.2) is 6.61 Å². The largest absolute Gasteiger partial charge is 0.454 e. The number of hydrogen-bond donors (Lipinski definition) is 2. The van der Waals surface area contributed by atoms with Gasteiger partial charge in [-0.25, -0.2) is 4.79 Å². The van der Waals surface area contributed by atoms with Gasteiger partial charge < -0.3 is 15.4 Å². The third-order valence-corrected chi connectivity index (χ3v) is 4.86. The number of esters is 1. The third-order valence-electron chi connectivity index (χ3n) is 3.66. The Morgan fingerprint density at radius 1 is 1.31 bits per heavy atom. The molecule has 142 valence electrons. The van der Waals surface area contributed by atoms with Crippen LogP contribution >= 0.6 is 35.0 Å². The molecule has 1 aliphatic carbocycles. The fourth-order valence-electron chi connectivity index (χ4n) is 2.13. The minimum absolute atomic E-state index is 0.191. The quantitative estimate of drug-likeness (QED) is 0.602. The van der Waals surface area contributed by atoms with Crippen LogP contribution in [0.1, 0.15) is 29.6 Å². The highest BCUT2D eigenvalue weighted by atomic mass is 35.5. The smallest absolute Gasteiger partial charge is 0.329 e. The molecule has 0 unspecified atom stereocenters. The van der Waals surface area contributed by atoms with Gasteiger partial charge in [-0.05, 0) is 49.5 Å². The first-order chi connectivity index (χ1) is 12.4. The minimum Gasteiger partial charge on any atom is -0.454 e. The number of hydrogen-bond acceptors (Lipinski definition) is 5. The van der Waals surface area contributed by atoms with Crippen LogP contribution < -0.4 is 10.6 Å². The molecule has 0 aliphatic heterocycles. The molecule has 1 aliphatic rings. The van der Waals surface area contributed by atoms with E-state index in [1.54, 1.807) is 6.07 Å². The van der Waals surface area contributed by atoms with Crippen LogP contribution in [0.3, 0.4) is 0 Å². The molecule has 0 spiro atoms. The summed E-state index contributed by atoms with van der Waals surface area (Å²) in [6, 6.07) is 3.81. The maximum atomic E-state index is 12.4. The van der Waals surface area contributed by atoms with Crippen LogP contribution in [0.4, 0.5) is 0 Å². The average Bonchev–Trinajstić information content (AvgIpc) is 3.40. The van der Waals surface area contributed by atoms with Crippen LogP contribution in [-0.2, 0) is 14.3 Å². The maximum absolute atomic E-state index is 12.4. The molecule has 26 heavy (non-hydrogen) atoms. The second-order valence-corrected chi connectivity index (χ2v) is 7.71. The van der Waals surface area contributed by atoms with Crippen LogP contribution in [-0.4, -0.2) is 48.5 Å². The van der Waals surface area contributed by atoms with Gasteiger partial charge in [0.05, 0.1) is 10.6 Å². The van der Waals surface area contributed by atoms with Gasteiger partial charge in [-0.2, -0.15) is 11.8 Å². The van der Waals surface area contributed by atoms with Crippen LogP contribution in [0.15, 0.2) is 18.2 Å². The monoisotopic (exact) mass is 418 g/mol. The highest BCUT2D eigenvalue weighted by Crippen LogP contribution is 2.21. The summed E-state index contributed by atoms with van der Waals surface area (Å²) in [7, 11) is 0. The Hall–Kier alpha value is -1.44. The lowest BCUT2D eigenvalue weighted by atomic mass is 10.1. The Kier molecular flexibility index (Phi) is 8.06. The Morgan fingerprint density at radius 2 is 2.04 bits per heavy atom. The summed E-state index contributed by atoms with van der Waals surface area (Å²) in [5, 5.41) is 5.95. The number of carbonyl (C=O) groups is 3. The van der Waals surface area contributed by atoms with Gasteiger partial charge in [-0.1, -0.05) is 23.2 Å². The highest BCUT2D eigenvalue weighted by Gasteiger charge is 2.26. The number of benzene rings is 1. The van der Waals surface area contributed by atoms with Crippen molar-refractivity contribution >= 4 is 52.7 Å². The number of ether oxygens (including phenoxy) is 1. The van der Waals surface area contributed by atoms with E-state index in [1.807, 2.05) is 6.26 Å². The topological polar surface area (TPSA) is 84.5 Å². The van der Waals surface area contributed by atoms with Gasteiger partial charge >= 0.3 is 5.97 Å². The normalized spacial score (nSPS) is 14.4. The molecule has 0 aromatic heterocycles. The van der Waals surface area contributed by atoms with Crippen LogP contribution in [0.5, 0.6) is 0 Å². The molecule has 2 N–H and O–H groups in total. The van der Waals surface area contributed by atoms with Crippen molar-refractivity contribution in [3.8, 4) is 0 Å². The number of carbonyl (C=O) groups excluding carboxylic acids is 3. The Balaban J connectivity index is 1.94. The standard InChI is InChI=1S/C17H20Cl2N2O4S/c1-26-7-6-14(17(24)25-9-15(22)20-11-3-4-11)21-16(23)12-5-2-10(18)8-13(12)19/h2,5,8,11,14H,3-4,6-7,9H2,1H3,(H,20,22)(H,21,23)/t14-/m0/s1. The Bertz CT molecular complexity index is 683. The SMILES string of the molecule is CSCC[C@H](NC(=O)c1ccc(Cl)cc1Cl)C(=O)OCC(=O)NC1CC1. The van der Waals surface area contributed by atoms with E-state index in [-0.39, 0.29) is 29.1 Å². The molecular formula is C17H20Cl2N2O4S. The molecule has 2 amide bonds. The van der Waals surface area contributed by atoms with E-state index in [0.717, 1.165) is 12.8 Å². The van der Waals surface area contributed by atoms with Crippen LogP contribution in [0, 0.1) is 0 Å². The first-order valence-corrected chi connectivity index (χ1v) is 10.3. The molecule has 0 bridgehead atoms. The van der Waals surface area contributed by atoms with Crippen molar-refractivity contribution < 1.29 is 19.1 Å². The summed E-state index contributed by atoms with van der Waals surface area (Å²) in [5.74, 6) is -0.847. The van der Waals surface area contributed by atoms with Gasteiger partial charge in [0.2, 0.25) is 0 Å².